The average molecular weight is 295 g/mol. The smallest absolute Gasteiger partial charge is 0.150 e. The van der Waals surface area contributed by atoms with Crippen LogP contribution in [0, 0.1) is 0 Å². The Morgan fingerprint density at radius 3 is 2.58 bits per heavy atom. The summed E-state index contributed by atoms with van der Waals surface area (Å²) in [6.45, 7) is 4.18. The molecule has 0 saturated heterocycles. The van der Waals surface area contributed by atoms with Gasteiger partial charge in [-0.3, -0.25) is 0 Å². The average Bonchev–Trinajstić information content (AvgIpc) is 2.40. The van der Waals surface area contributed by atoms with Gasteiger partial charge in [0.15, 0.2) is 0 Å². The van der Waals surface area contributed by atoms with E-state index < -0.39 is 9.84 Å². The molecule has 0 aromatic carbocycles. The van der Waals surface area contributed by atoms with Crippen molar-refractivity contribution in [1.29, 1.82) is 0 Å². The molecule has 0 fully saturated rings. The van der Waals surface area contributed by atoms with E-state index in [9.17, 15) is 8.42 Å². The van der Waals surface area contributed by atoms with Crippen LogP contribution in [0.2, 0.25) is 0 Å². The summed E-state index contributed by atoms with van der Waals surface area (Å²) in [6, 6.07) is 0. The van der Waals surface area contributed by atoms with Crippen molar-refractivity contribution in [2.75, 3.05) is 44.9 Å². The van der Waals surface area contributed by atoms with Crippen molar-refractivity contribution in [2.24, 2.45) is 10.9 Å². The molecule has 0 saturated carbocycles. The van der Waals surface area contributed by atoms with E-state index in [1.807, 2.05) is 4.90 Å². The standard InChI is InChI=1S/C11H25N3O4S/c1-3-19(16,17)10-4-6-14(8-9-18-2)7-5-11(12)13-15/h15H,3-10H2,1-2H3,(H2,12,13). The largest absolute Gasteiger partial charge is 0.409 e. The van der Waals surface area contributed by atoms with Crippen molar-refractivity contribution in [3.05, 3.63) is 0 Å². The number of sulfone groups is 1. The second-order valence-corrected chi connectivity index (χ2v) is 6.74. The molecule has 19 heavy (non-hydrogen) atoms. The summed E-state index contributed by atoms with van der Waals surface area (Å²) in [6.07, 6.45) is 1.02. The summed E-state index contributed by atoms with van der Waals surface area (Å²) in [5.41, 5.74) is 5.42. The van der Waals surface area contributed by atoms with Crippen LogP contribution in [0.3, 0.4) is 0 Å². The summed E-state index contributed by atoms with van der Waals surface area (Å²) in [7, 11) is -1.30. The molecule has 0 amide bonds. The van der Waals surface area contributed by atoms with Crippen LogP contribution < -0.4 is 5.73 Å². The van der Waals surface area contributed by atoms with Crippen LogP contribution in [-0.4, -0.2) is 69.2 Å². The second kappa shape index (κ2) is 9.99. The fourth-order valence-electron chi connectivity index (χ4n) is 1.53. The van der Waals surface area contributed by atoms with Crippen molar-refractivity contribution in [3.63, 3.8) is 0 Å². The minimum Gasteiger partial charge on any atom is -0.409 e. The maximum atomic E-state index is 11.4. The molecular formula is C11H25N3O4S. The Morgan fingerprint density at radius 2 is 2.05 bits per heavy atom. The van der Waals surface area contributed by atoms with E-state index >= 15 is 0 Å². The Labute approximate surface area is 115 Å². The van der Waals surface area contributed by atoms with E-state index in [-0.39, 0.29) is 17.3 Å². The summed E-state index contributed by atoms with van der Waals surface area (Å²) < 4.78 is 27.8. The highest BCUT2D eigenvalue weighted by molar-refractivity contribution is 7.91. The molecule has 0 rings (SSSR count). The molecule has 0 aromatic rings. The van der Waals surface area contributed by atoms with Crippen molar-refractivity contribution in [3.8, 4) is 0 Å². The van der Waals surface area contributed by atoms with Crippen molar-refractivity contribution < 1.29 is 18.4 Å². The number of amidine groups is 1. The maximum absolute atomic E-state index is 11.4. The SMILES string of the molecule is CCS(=O)(=O)CCCN(CCOC)CCC(N)=NO. The first-order chi connectivity index (χ1) is 8.95. The number of oxime groups is 1. The normalized spacial score (nSPS) is 13.1. The third-order valence-electron chi connectivity index (χ3n) is 2.79. The Morgan fingerprint density at radius 1 is 1.37 bits per heavy atom. The van der Waals surface area contributed by atoms with Gasteiger partial charge in [-0.15, -0.1) is 0 Å². The van der Waals surface area contributed by atoms with Crippen molar-refractivity contribution >= 4 is 15.7 Å². The van der Waals surface area contributed by atoms with Gasteiger partial charge in [0.25, 0.3) is 0 Å². The number of nitrogens with two attached hydrogens (primary N) is 1. The van der Waals surface area contributed by atoms with Crippen molar-refractivity contribution in [1.82, 2.24) is 4.90 Å². The Balaban J connectivity index is 4.12. The molecule has 0 radical (unpaired) electrons. The number of nitrogens with zero attached hydrogens (tertiary/aromatic N) is 2. The Hall–Kier alpha value is -0.860. The predicted molar refractivity (Wildman–Crippen MR) is 75.3 cm³/mol. The van der Waals surface area contributed by atoms with Crippen LogP contribution in [0.25, 0.3) is 0 Å². The summed E-state index contributed by atoms with van der Waals surface area (Å²) >= 11 is 0. The Kier molecular flexibility index (Phi) is 9.54. The molecule has 3 N–H and O–H groups in total. The van der Waals surface area contributed by atoms with Gasteiger partial charge in [-0.25, -0.2) is 8.42 Å². The number of hydrogen-bond donors (Lipinski definition) is 2. The van der Waals surface area contributed by atoms with Crippen molar-refractivity contribution in [2.45, 2.75) is 19.8 Å². The highest BCUT2D eigenvalue weighted by Crippen LogP contribution is 1.99. The first-order valence-electron chi connectivity index (χ1n) is 6.33. The van der Waals surface area contributed by atoms with Crippen LogP contribution in [0.1, 0.15) is 19.8 Å². The van der Waals surface area contributed by atoms with Crippen LogP contribution in [-0.2, 0) is 14.6 Å². The molecular weight excluding hydrogens is 270 g/mol. The molecule has 0 aliphatic carbocycles. The predicted octanol–water partition coefficient (Wildman–Crippen LogP) is -0.104. The van der Waals surface area contributed by atoms with Crippen LogP contribution in [0.4, 0.5) is 0 Å². The fourth-order valence-corrected chi connectivity index (χ4v) is 2.39. The molecule has 0 heterocycles. The third-order valence-corrected chi connectivity index (χ3v) is 4.58. The first kappa shape index (κ1) is 18.1. The van der Waals surface area contributed by atoms with Gasteiger partial charge in [0.1, 0.15) is 15.7 Å². The van der Waals surface area contributed by atoms with E-state index in [4.69, 9.17) is 15.7 Å². The zero-order chi connectivity index (χ0) is 14.7. The second-order valence-electron chi connectivity index (χ2n) is 4.27. The minimum absolute atomic E-state index is 0.170. The molecule has 0 aliphatic heterocycles. The quantitative estimate of drug-likeness (QED) is 0.239. The van der Waals surface area contributed by atoms with Gasteiger partial charge in [-0.2, -0.15) is 0 Å². The topological polar surface area (TPSA) is 105 Å². The molecule has 0 atom stereocenters. The third kappa shape index (κ3) is 9.69. The number of ether oxygens (including phenoxy) is 1. The van der Waals surface area contributed by atoms with Crippen LogP contribution >= 0.6 is 0 Å². The van der Waals surface area contributed by atoms with E-state index in [0.717, 1.165) is 0 Å². The molecule has 0 aliphatic rings. The lowest BCUT2D eigenvalue weighted by molar-refractivity contribution is 0.149. The highest BCUT2D eigenvalue weighted by Gasteiger charge is 2.10. The minimum atomic E-state index is -2.92. The zero-order valence-electron chi connectivity index (χ0n) is 11.7. The molecule has 7 nitrogen and oxygen atoms in total. The number of methoxy groups -OCH3 is 1. The highest BCUT2D eigenvalue weighted by atomic mass is 32.2. The number of rotatable bonds is 11. The lowest BCUT2D eigenvalue weighted by Gasteiger charge is -2.21. The van der Waals surface area contributed by atoms with E-state index in [0.29, 0.717) is 39.1 Å². The van der Waals surface area contributed by atoms with Gasteiger partial charge in [0, 0.05) is 32.4 Å². The van der Waals surface area contributed by atoms with E-state index in [1.165, 1.54) is 0 Å². The molecule has 0 unspecified atom stereocenters. The molecule has 0 aromatic heterocycles. The lowest BCUT2D eigenvalue weighted by atomic mass is 10.3. The monoisotopic (exact) mass is 295 g/mol. The molecule has 0 bridgehead atoms. The van der Waals surface area contributed by atoms with E-state index in [1.54, 1.807) is 14.0 Å². The van der Waals surface area contributed by atoms with Gasteiger partial charge in [-0.05, 0) is 13.0 Å². The zero-order valence-corrected chi connectivity index (χ0v) is 12.5. The fraction of sp³-hybridized carbons (Fsp3) is 0.909. The molecule has 114 valence electrons. The molecule has 8 heteroatoms. The van der Waals surface area contributed by atoms with Gasteiger partial charge in [0.05, 0.1) is 12.4 Å². The summed E-state index contributed by atoms with van der Waals surface area (Å²) in [5.74, 6) is 0.537. The van der Waals surface area contributed by atoms with Crippen LogP contribution in [0.15, 0.2) is 5.16 Å². The molecule has 0 spiro atoms. The summed E-state index contributed by atoms with van der Waals surface area (Å²) in [4.78, 5) is 2.05. The maximum Gasteiger partial charge on any atom is 0.150 e. The lowest BCUT2D eigenvalue weighted by Crippen LogP contribution is -2.33. The van der Waals surface area contributed by atoms with Gasteiger partial charge < -0.3 is 20.6 Å². The number of hydrogen-bond acceptors (Lipinski definition) is 6. The van der Waals surface area contributed by atoms with Crippen LogP contribution in [0.5, 0.6) is 0 Å². The van der Waals surface area contributed by atoms with E-state index in [2.05, 4.69) is 5.16 Å². The first-order valence-corrected chi connectivity index (χ1v) is 8.15. The summed E-state index contributed by atoms with van der Waals surface area (Å²) in [5, 5.41) is 11.4. The van der Waals surface area contributed by atoms with Gasteiger partial charge >= 0.3 is 0 Å². The van der Waals surface area contributed by atoms with Gasteiger partial charge in [0.2, 0.25) is 0 Å². The van der Waals surface area contributed by atoms with Gasteiger partial charge in [-0.1, -0.05) is 12.1 Å². The Bertz CT molecular complexity index is 357.